The highest BCUT2D eigenvalue weighted by molar-refractivity contribution is 6.74. The highest BCUT2D eigenvalue weighted by Crippen LogP contribution is 2.36. The summed E-state index contributed by atoms with van der Waals surface area (Å²) in [6, 6.07) is 0. The van der Waals surface area contributed by atoms with E-state index in [2.05, 4.69) is 40.4 Å². The molecule has 0 unspecified atom stereocenters. The summed E-state index contributed by atoms with van der Waals surface area (Å²) in [7, 11) is -1.66. The Morgan fingerprint density at radius 3 is 2.33 bits per heavy atom. The molecule has 0 fully saturated rings. The molecule has 0 rings (SSSR count). The predicted octanol–water partition coefficient (Wildman–Crippen LogP) is 3.54. The van der Waals surface area contributed by atoms with Gasteiger partial charge in [0.15, 0.2) is 8.32 Å². The van der Waals surface area contributed by atoms with E-state index in [0.717, 1.165) is 18.3 Å². The Hall–Kier alpha value is -0.413. The van der Waals surface area contributed by atoms with Gasteiger partial charge in [0.1, 0.15) is 6.29 Å². The molecule has 0 aliphatic carbocycles. The Kier molecular flexibility index (Phi) is 5.46. The van der Waals surface area contributed by atoms with Crippen molar-refractivity contribution in [1.29, 1.82) is 0 Å². The maximum absolute atomic E-state index is 10.2. The van der Waals surface area contributed by atoms with Crippen molar-refractivity contribution in [1.82, 2.24) is 0 Å². The van der Waals surface area contributed by atoms with Crippen LogP contribution < -0.4 is 0 Å². The molecule has 15 heavy (non-hydrogen) atoms. The van der Waals surface area contributed by atoms with Crippen molar-refractivity contribution in [2.45, 2.75) is 51.7 Å². The second-order valence-corrected chi connectivity index (χ2v) is 10.3. The predicted molar refractivity (Wildman–Crippen MR) is 67.6 cm³/mol. The standard InChI is InChI=1S/C12H24O2Si/c1-11(8-7-9-13)10-14-15(5,6)12(2,3)4/h9H,1,7-8,10H2,2-6H3. The largest absolute Gasteiger partial charge is 0.413 e. The molecule has 88 valence electrons. The van der Waals surface area contributed by atoms with Crippen LogP contribution in [0.1, 0.15) is 33.6 Å². The van der Waals surface area contributed by atoms with Crippen molar-refractivity contribution in [3.05, 3.63) is 12.2 Å². The molecule has 3 heteroatoms. The van der Waals surface area contributed by atoms with Crippen molar-refractivity contribution in [2.75, 3.05) is 6.61 Å². The third-order valence-electron chi connectivity index (χ3n) is 3.06. The van der Waals surface area contributed by atoms with Crippen molar-refractivity contribution in [3.8, 4) is 0 Å². The molecule has 0 bridgehead atoms. The van der Waals surface area contributed by atoms with E-state index in [-0.39, 0.29) is 5.04 Å². The minimum Gasteiger partial charge on any atom is -0.413 e. The molecule has 0 heterocycles. The molecule has 0 aromatic carbocycles. The lowest BCUT2D eigenvalue weighted by Crippen LogP contribution is -2.41. The lowest BCUT2D eigenvalue weighted by molar-refractivity contribution is -0.107. The fourth-order valence-electron chi connectivity index (χ4n) is 0.834. The van der Waals surface area contributed by atoms with E-state index < -0.39 is 8.32 Å². The Bertz CT molecular complexity index is 226. The van der Waals surface area contributed by atoms with E-state index >= 15 is 0 Å². The minimum atomic E-state index is -1.66. The summed E-state index contributed by atoms with van der Waals surface area (Å²) in [6.07, 6.45) is 2.23. The Labute approximate surface area is 94.8 Å². The van der Waals surface area contributed by atoms with Gasteiger partial charge in [-0.15, -0.1) is 0 Å². The zero-order valence-electron chi connectivity index (χ0n) is 10.7. The molecular weight excluding hydrogens is 204 g/mol. The van der Waals surface area contributed by atoms with Gasteiger partial charge in [-0.25, -0.2) is 0 Å². The Morgan fingerprint density at radius 2 is 1.93 bits per heavy atom. The molecule has 0 aromatic rings. The first-order valence-electron chi connectivity index (χ1n) is 5.45. The SMILES string of the molecule is C=C(CCC=O)CO[Si](C)(C)C(C)(C)C. The molecule has 0 amide bonds. The van der Waals surface area contributed by atoms with Crippen LogP contribution in [-0.2, 0) is 9.22 Å². The molecule has 0 spiro atoms. The third-order valence-corrected chi connectivity index (χ3v) is 7.54. The van der Waals surface area contributed by atoms with Gasteiger partial charge in [0.25, 0.3) is 0 Å². The fourth-order valence-corrected chi connectivity index (χ4v) is 1.83. The molecule has 0 aliphatic heterocycles. The minimum absolute atomic E-state index is 0.234. The van der Waals surface area contributed by atoms with Crippen LogP contribution in [0.5, 0.6) is 0 Å². The van der Waals surface area contributed by atoms with E-state index in [1.165, 1.54) is 0 Å². The highest BCUT2D eigenvalue weighted by atomic mass is 28.4. The second-order valence-electron chi connectivity index (χ2n) is 5.50. The zero-order chi connectivity index (χ0) is 12.1. The normalized spacial score (nSPS) is 12.6. The molecule has 0 radical (unpaired) electrons. The summed E-state index contributed by atoms with van der Waals surface area (Å²) in [6.45, 7) is 15.6. The molecule has 0 aliphatic rings. The van der Waals surface area contributed by atoms with Crippen LogP contribution in [0.25, 0.3) is 0 Å². The number of carbonyl (C=O) groups is 1. The maximum Gasteiger partial charge on any atom is 0.192 e. The van der Waals surface area contributed by atoms with Gasteiger partial charge in [0, 0.05) is 6.42 Å². The van der Waals surface area contributed by atoms with Gasteiger partial charge in [0.2, 0.25) is 0 Å². The molecular formula is C12H24O2Si. The average Bonchev–Trinajstić information content (AvgIpc) is 2.09. The van der Waals surface area contributed by atoms with E-state index in [1.807, 2.05) is 0 Å². The lowest BCUT2D eigenvalue weighted by atomic mass is 10.2. The van der Waals surface area contributed by atoms with Crippen LogP contribution >= 0.6 is 0 Å². The van der Waals surface area contributed by atoms with Crippen LogP contribution in [0.2, 0.25) is 18.1 Å². The summed E-state index contributed by atoms with van der Waals surface area (Å²) < 4.78 is 5.98. The monoisotopic (exact) mass is 228 g/mol. The van der Waals surface area contributed by atoms with Crippen LogP contribution in [0.4, 0.5) is 0 Å². The van der Waals surface area contributed by atoms with E-state index in [0.29, 0.717) is 13.0 Å². The first-order valence-corrected chi connectivity index (χ1v) is 8.36. The van der Waals surface area contributed by atoms with Crippen LogP contribution in [0.15, 0.2) is 12.2 Å². The molecule has 0 saturated carbocycles. The number of hydrogen-bond donors (Lipinski definition) is 0. The maximum atomic E-state index is 10.2. The van der Waals surface area contributed by atoms with Gasteiger partial charge >= 0.3 is 0 Å². The first kappa shape index (κ1) is 14.6. The van der Waals surface area contributed by atoms with Gasteiger partial charge in [-0.05, 0) is 24.6 Å². The summed E-state index contributed by atoms with van der Waals surface area (Å²) >= 11 is 0. The summed E-state index contributed by atoms with van der Waals surface area (Å²) in [5.74, 6) is 0. The molecule has 0 atom stereocenters. The van der Waals surface area contributed by atoms with Crippen molar-refractivity contribution < 1.29 is 9.22 Å². The Balaban J connectivity index is 4.04. The van der Waals surface area contributed by atoms with Crippen molar-refractivity contribution in [3.63, 3.8) is 0 Å². The van der Waals surface area contributed by atoms with Crippen molar-refractivity contribution in [2.24, 2.45) is 0 Å². The summed E-state index contributed by atoms with van der Waals surface area (Å²) in [5, 5.41) is 0.234. The molecule has 2 nitrogen and oxygen atoms in total. The van der Waals surface area contributed by atoms with Gasteiger partial charge in [-0.2, -0.15) is 0 Å². The number of carbonyl (C=O) groups excluding carboxylic acids is 1. The topological polar surface area (TPSA) is 26.3 Å². The lowest BCUT2D eigenvalue weighted by Gasteiger charge is -2.36. The highest BCUT2D eigenvalue weighted by Gasteiger charge is 2.36. The van der Waals surface area contributed by atoms with Crippen LogP contribution in [0.3, 0.4) is 0 Å². The Morgan fingerprint density at radius 1 is 1.40 bits per heavy atom. The first-order chi connectivity index (χ1) is 6.70. The van der Waals surface area contributed by atoms with Gasteiger partial charge in [-0.1, -0.05) is 32.9 Å². The summed E-state index contributed by atoms with van der Waals surface area (Å²) in [5.41, 5.74) is 1.02. The van der Waals surface area contributed by atoms with Crippen molar-refractivity contribution >= 4 is 14.6 Å². The molecule has 0 aromatic heterocycles. The second kappa shape index (κ2) is 5.61. The van der Waals surface area contributed by atoms with E-state index in [4.69, 9.17) is 4.43 Å². The smallest absolute Gasteiger partial charge is 0.192 e. The van der Waals surface area contributed by atoms with Gasteiger partial charge < -0.3 is 9.22 Å². The van der Waals surface area contributed by atoms with Gasteiger partial charge in [-0.3, -0.25) is 0 Å². The quantitative estimate of drug-likeness (QED) is 0.395. The van der Waals surface area contributed by atoms with E-state index in [9.17, 15) is 4.79 Å². The molecule has 0 saturated heterocycles. The number of hydrogen-bond acceptors (Lipinski definition) is 2. The van der Waals surface area contributed by atoms with Crippen LogP contribution in [-0.4, -0.2) is 21.2 Å². The number of rotatable bonds is 6. The van der Waals surface area contributed by atoms with E-state index in [1.54, 1.807) is 0 Å². The third kappa shape index (κ3) is 5.28. The summed E-state index contributed by atoms with van der Waals surface area (Å²) in [4.78, 5) is 10.2. The van der Waals surface area contributed by atoms with Gasteiger partial charge in [0.05, 0.1) is 6.61 Å². The average molecular weight is 228 g/mol. The number of aldehydes is 1. The fraction of sp³-hybridized carbons (Fsp3) is 0.750. The van der Waals surface area contributed by atoms with Crippen LogP contribution in [0, 0.1) is 0 Å². The zero-order valence-corrected chi connectivity index (χ0v) is 11.7. The molecule has 0 N–H and O–H groups in total.